The minimum Gasteiger partial charge on any atom is -0.465 e. The highest BCUT2D eigenvalue weighted by molar-refractivity contribution is 5.76. The van der Waals surface area contributed by atoms with Gasteiger partial charge in [0.05, 0.1) is 12.5 Å². The van der Waals surface area contributed by atoms with Crippen molar-refractivity contribution in [3.8, 4) is 0 Å². The molecule has 1 aliphatic carbocycles. The maximum absolute atomic E-state index is 11.3. The Morgan fingerprint density at radius 1 is 1.54 bits per heavy atom. The average molecular weight is 182 g/mol. The maximum Gasteiger partial charge on any atom is 0.313 e. The van der Waals surface area contributed by atoms with Crippen LogP contribution in [0.2, 0.25) is 0 Å². The van der Waals surface area contributed by atoms with Gasteiger partial charge >= 0.3 is 5.97 Å². The zero-order valence-corrected chi connectivity index (χ0v) is 7.48. The van der Waals surface area contributed by atoms with Crippen LogP contribution in [0.3, 0.4) is 0 Å². The van der Waals surface area contributed by atoms with Crippen LogP contribution in [-0.2, 0) is 9.53 Å². The molecule has 13 heavy (non-hydrogen) atoms. The number of fused-ring (bicyclic) bond motifs is 1. The van der Waals surface area contributed by atoms with Crippen LogP contribution in [0.4, 0.5) is 0 Å². The molecule has 0 radical (unpaired) electrons. The number of aliphatic hydroxyl groups is 1. The molecule has 3 nitrogen and oxygen atoms in total. The summed E-state index contributed by atoms with van der Waals surface area (Å²) in [5, 5.41) is 8.83. The molecule has 1 fully saturated rings. The molecular weight excluding hydrogens is 168 g/mol. The third-order valence-corrected chi connectivity index (χ3v) is 3.01. The molecule has 2 aliphatic rings. The topological polar surface area (TPSA) is 46.5 Å². The highest BCUT2D eigenvalue weighted by atomic mass is 16.5. The van der Waals surface area contributed by atoms with E-state index in [1.807, 2.05) is 6.08 Å². The van der Waals surface area contributed by atoms with E-state index in [0.29, 0.717) is 18.4 Å². The molecule has 0 spiro atoms. The van der Waals surface area contributed by atoms with E-state index in [1.54, 1.807) is 0 Å². The van der Waals surface area contributed by atoms with E-state index in [1.165, 1.54) is 0 Å². The smallest absolute Gasteiger partial charge is 0.313 e. The van der Waals surface area contributed by atoms with Crippen LogP contribution < -0.4 is 0 Å². The van der Waals surface area contributed by atoms with Gasteiger partial charge in [-0.25, -0.2) is 0 Å². The van der Waals surface area contributed by atoms with Gasteiger partial charge in [-0.1, -0.05) is 12.2 Å². The van der Waals surface area contributed by atoms with Gasteiger partial charge in [-0.15, -0.1) is 0 Å². The monoisotopic (exact) mass is 182 g/mol. The molecule has 72 valence electrons. The van der Waals surface area contributed by atoms with Crippen molar-refractivity contribution in [2.45, 2.75) is 12.8 Å². The molecule has 3 heteroatoms. The highest BCUT2D eigenvalue weighted by Gasteiger charge is 2.39. The zero-order valence-electron chi connectivity index (χ0n) is 7.48. The summed E-state index contributed by atoms with van der Waals surface area (Å²) in [6, 6.07) is 0. The number of carbonyl (C=O) groups excluding carboxylic acids is 1. The Bertz CT molecular complexity index is 234. The summed E-state index contributed by atoms with van der Waals surface area (Å²) in [4.78, 5) is 11.3. The second kappa shape index (κ2) is 3.50. The lowest BCUT2D eigenvalue weighted by molar-refractivity contribution is -0.154. The third kappa shape index (κ3) is 1.48. The standard InChI is InChI=1S/C10H14O3/c11-5-3-7-1-2-9-8(7)4-6-13-10(9)12/h1-2,7-9,11H,3-6H2. The van der Waals surface area contributed by atoms with Crippen molar-refractivity contribution in [2.24, 2.45) is 17.8 Å². The van der Waals surface area contributed by atoms with Crippen molar-refractivity contribution < 1.29 is 14.6 Å². The number of cyclic esters (lactones) is 1. The third-order valence-electron chi connectivity index (χ3n) is 3.01. The molecule has 0 aromatic rings. The number of esters is 1. The molecule has 0 aromatic heterocycles. The van der Waals surface area contributed by atoms with E-state index >= 15 is 0 Å². The summed E-state index contributed by atoms with van der Waals surface area (Å²) in [5.74, 6) is 0.634. The number of aliphatic hydroxyl groups excluding tert-OH is 1. The molecule has 3 unspecified atom stereocenters. The second-order valence-electron chi connectivity index (χ2n) is 3.71. The average Bonchev–Trinajstić information content (AvgIpc) is 2.51. The molecule has 0 aromatic carbocycles. The first-order valence-corrected chi connectivity index (χ1v) is 4.78. The molecule has 1 saturated heterocycles. The first-order chi connectivity index (χ1) is 6.33. The van der Waals surface area contributed by atoms with Crippen molar-refractivity contribution >= 4 is 5.97 Å². The summed E-state index contributed by atoms with van der Waals surface area (Å²) < 4.78 is 4.97. The van der Waals surface area contributed by atoms with Crippen LogP contribution in [-0.4, -0.2) is 24.3 Å². The number of ether oxygens (including phenoxy) is 1. The quantitative estimate of drug-likeness (QED) is 0.506. The van der Waals surface area contributed by atoms with Crippen LogP contribution in [0.5, 0.6) is 0 Å². The van der Waals surface area contributed by atoms with E-state index < -0.39 is 0 Å². The van der Waals surface area contributed by atoms with Gasteiger partial charge in [0, 0.05) is 6.61 Å². The number of hydrogen-bond donors (Lipinski definition) is 1. The Kier molecular flexibility index (Phi) is 2.36. The lowest BCUT2D eigenvalue weighted by Gasteiger charge is -2.28. The van der Waals surface area contributed by atoms with Crippen molar-refractivity contribution in [2.75, 3.05) is 13.2 Å². The van der Waals surface area contributed by atoms with Gasteiger partial charge in [0.2, 0.25) is 0 Å². The maximum atomic E-state index is 11.3. The fraction of sp³-hybridized carbons (Fsp3) is 0.700. The Hall–Kier alpha value is -0.830. The molecule has 1 heterocycles. The number of hydrogen-bond acceptors (Lipinski definition) is 3. The first kappa shape index (κ1) is 8.75. The van der Waals surface area contributed by atoms with Crippen molar-refractivity contribution in [1.29, 1.82) is 0 Å². The lowest BCUT2D eigenvalue weighted by Crippen LogP contribution is -2.32. The SMILES string of the molecule is O=C1OCCC2C(CCO)C=CC12. The number of carbonyl (C=O) groups is 1. The number of allylic oxidation sites excluding steroid dienone is 1. The molecular formula is C10H14O3. The van der Waals surface area contributed by atoms with Crippen LogP contribution >= 0.6 is 0 Å². The van der Waals surface area contributed by atoms with Gasteiger partial charge in [0.25, 0.3) is 0 Å². The van der Waals surface area contributed by atoms with Crippen LogP contribution in [0, 0.1) is 17.8 Å². The first-order valence-electron chi connectivity index (χ1n) is 4.78. The zero-order chi connectivity index (χ0) is 9.26. The number of rotatable bonds is 2. The van der Waals surface area contributed by atoms with E-state index in [9.17, 15) is 4.79 Å². The highest BCUT2D eigenvalue weighted by Crippen LogP contribution is 2.38. The fourth-order valence-electron chi connectivity index (χ4n) is 2.31. The van der Waals surface area contributed by atoms with Crippen molar-refractivity contribution in [3.05, 3.63) is 12.2 Å². The van der Waals surface area contributed by atoms with Gasteiger partial charge in [0.1, 0.15) is 0 Å². The molecule has 2 rings (SSSR count). The Morgan fingerprint density at radius 3 is 3.15 bits per heavy atom. The lowest BCUT2D eigenvalue weighted by atomic mass is 9.83. The fourth-order valence-corrected chi connectivity index (χ4v) is 2.31. The predicted octanol–water partition coefficient (Wildman–Crippen LogP) is 0.734. The van der Waals surface area contributed by atoms with E-state index in [-0.39, 0.29) is 18.5 Å². The van der Waals surface area contributed by atoms with Crippen molar-refractivity contribution in [3.63, 3.8) is 0 Å². The Balaban J connectivity index is 2.06. The second-order valence-corrected chi connectivity index (χ2v) is 3.71. The largest absolute Gasteiger partial charge is 0.465 e. The normalized spacial score (nSPS) is 37.3. The van der Waals surface area contributed by atoms with Gasteiger partial charge in [-0.3, -0.25) is 4.79 Å². The van der Waals surface area contributed by atoms with Crippen LogP contribution in [0.1, 0.15) is 12.8 Å². The summed E-state index contributed by atoms with van der Waals surface area (Å²) in [6.45, 7) is 0.747. The predicted molar refractivity (Wildman–Crippen MR) is 46.9 cm³/mol. The minimum absolute atomic E-state index is 0.0368. The van der Waals surface area contributed by atoms with E-state index in [0.717, 1.165) is 12.8 Å². The minimum atomic E-state index is -0.0899. The molecule has 0 saturated carbocycles. The Labute approximate surface area is 77.4 Å². The van der Waals surface area contributed by atoms with Gasteiger partial charge in [0.15, 0.2) is 0 Å². The van der Waals surface area contributed by atoms with Gasteiger partial charge in [-0.2, -0.15) is 0 Å². The van der Waals surface area contributed by atoms with E-state index in [4.69, 9.17) is 9.84 Å². The van der Waals surface area contributed by atoms with E-state index in [2.05, 4.69) is 6.08 Å². The van der Waals surface area contributed by atoms with Gasteiger partial charge < -0.3 is 9.84 Å². The summed E-state index contributed by atoms with van der Waals surface area (Å²) in [6.07, 6.45) is 5.70. The molecule has 0 amide bonds. The molecule has 1 N–H and O–H groups in total. The molecule has 1 aliphatic heterocycles. The molecule has 3 atom stereocenters. The van der Waals surface area contributed by atoms with Crippen molar-refractivity contribution in [1.82, 2.24) is 0 Å². The summed E-state index contributed by atoms with van der Waals surface area (Å²) >= 11 is 0. The Morgan fingerprint density at radius 2 is 2.38 bits per heavy atom. The molecule has 0 bridgehead atoms. The summed E-state index contributed by atoms with van der Waals surface area (Å²) in [7, 11) is 0. The van der Waals surface area contributed by atoms with Gasteiger partial charge in [-0.05, 0) is 24.7 Å². The van der Waals surface area contributed by atoms with Crippen LogP contribution in [0.25, 0.3) is 0 Å². The van der Waals surface area contributed by atoms with Crippen LogP contribution in [0.15, 0.2) is 12.2 Å². The summed E-state index contributed by atoms with van der Waals surface area (Å²) in [5.41, 5.74) is 0.